The number of hydrogen-bond donors (Lipinski definition) is 2. The summed E-state index contributed by atoms with van der Waals surface area (Å²) in [6.07, 6.45) is -0.496. The molecule has 19 heavy (non-hydrogen) atoms. The van der Waals surface area contributed by atoms with Crippen LogP contribution in [0.3, 0.4) is 0 Å². The number of nitrogens with one attached hydrogen (secondary N) is 1. The number of amides is 1. The molecule has 0 aliphatic rings. The maximum Gasteiger partial charge on any atom is 0.405 e. The Hall–Kier alpha value is -2.66. The van der Waals surface area contributed by atoms with Gasteiger partial charge in [0.05, 0.1) is 7.11 Å². The summed E-state index contributed by atoms with van der Waals surface area (Å²) in [6.45, 7) is 0. The number of rotatable bonds is 6. The van der Waals surface area contributed by atoms with Gasteiger partial charge in [-0.15, -0.1) is 0 Å². The van der Waals surface area contributed by atoms with Crippen molar-refractivity contribution < 1.29 is 24.2 Å². The highest BCUT2D eigenvalue weighted by molar-refractivity contribution is 6.28. The van der Waals surface area contributed by atoms with Gasteiger partial charge in [0.15, 0.2) is 0 Å². The average molecular weight is 263 g/mol. The summed E-state index contributed by atoms with van der Waals surface area (Å²) in [5.74, 6) is 0.0375. The number of benzene rings is 1. The summed E-state index contributed by atoms with van der Waals surface area (Å²) >= 11 is 0. The molecule has 1 rings (SSSR count). The molecule has 0 fully saturated rings. The number of ether oxygens (including phenoxy) is 1. The Kier molecular flexibility index (Phi) is 5.25. The minimum absolute atomic E-state index is 0.154. The van der Waals surface area contributed by atoms with E-state index < -0.39 is 17.9 Å². The van der Waals surface area contributed by atoms with Crippen molar-refractivity contribution in [2.75, 3.05) is 7.11 Å². The highest BCUT2D eigenvalue weighted by atomic mass is 16.5. The Morgan fingerprint density at radius 1 is 1.47 bits per heavy atom. The molecule has 1 aromatic carbocycles. The van der Waals surface area contributed by atoms with E-state index in [-0.39, 0.29) is 6.42 Å². The van der Waals surface area contributed by atoms with Gasteiger partial charge in [0, 0.05) is 6.42 Å². The number of hydrogen-bond acceptors (Lipinski definition) is 3. The number of carbonyl (C=O) groups is 2. The first-order chi connectivity index (χ1) is 9.06. The van der Waals surface area contributed by atoms with Crippen LogP contribution in [0.1, 0.15) is 5.56 Å². The molecule has 1 aromatic rings. The molecule has 0 aromatic heterocycles. The van der Waals surface area contributed by atoms with E-state index in [4.69, 9.17) is 15.4 Å². The molecule has 0 unspecified atom stereocenters. The number of Topliss-reactive ketones (excluding diaryl/α,β-unsaturated/α-hetero) is 1. The summed E-state index contributed by atoms with van der Waals surface area (Å²) in [5, 5.41) is 10.7. The van der Waals surface area contributed by atoms with E-state index in [1.807, 2.05) is 0 Å². The van der Waals surface area contributed by atoms with Crippen molar-refractivity contribution in [3.8, 4) is 5.75 Å². The zero-order chi connectivity index (χ0) is 14.3. The van der Waals surface area contributed by atoms with Gasteiger partial charge in [-0.05, 0) is 17.7 Å². The second-order valence-corrected chi connectivity index (χ2v) is 3.70. The van der Waals surface area contributed by atoms with E-state index in [9.17, 15) is 9.59 Å². The predicted molar refractivity (Wildman–Crippen MR) is 66.3 cm³/mol. The molecular weight excluding hydrogens is 250 g/mol. The first kappa shape index (κ1) is 14.4. The van der Waals surface area contributed by atoms with Crippen LogP contribution in [-0.2, 0) is 11.2 Å². The van der Waals surface area contributed by atoms with Gasteiger partial charge < -0.3 is 20.7 Å². The number of carbonyl (C=O) groups excluding carboxylic acids is 1. The molecule has 100 valence electrons. The number of nitrogens with zero attached hydrogens (tertiary/aromatic N) is 2. The van der Waals surface area contributed by atoms with Crippen molar-refractivity contribution in [3.63, 3.8) is 0 Å². The van der Waals surface area contributed by atoms with E-state index in [0.29, 0.717) is 12.0 Å². The minimum atomic E-state index is -1.32. The normalized spacial score (nSPS) is 11.0. The molecule has 0 heterocycles. The monoisotopic (exact) mass is 263 g/mol. The maximum absolute atomic E-state index is 11.5. The number of methoxy groups -OCH3 is 1. The largest absolute Gasteiger partial charge is 0.497 e. The number of ketones is 1. The molecule has 1 atom stereocenters. The molecule has 0 bridgehead atoms. The summed E-state index contributed by atoms with van der Waals surface area (Å²) in [7, 11) is 1.53. The smallest absolute Gasteiger partial charge is 0.405 e. The fourth-order valence-corrected chi connectivity index (χ4v) is 1.52. The van der Waals surface area contributed by atoms with E-state index >= 15 is 0 Å². The third-order valence-corrected chi connectivity index (χ3v) is 2.43. The van der Waals surface area contributed by atoms with Crippen molar-refractivity contribution in [2.45, 2.75) is 12.5 Å². The van der Waals surface area contributed by atoms with Gasteiger partial charge in [0.2, 0.25) is 0 Å². The SMILES string of the molecule is COc1ccc(C[C@H](NC(=O)O)C(=O)C=[N+]=[N-])cc1. The summed E-state index contributed by atoms with van der Waals surface area (Å²) in [5.41, 5.74) is 9.06. The van der Waals surface area contributed by atoms with Crippen molar-refractivity contribution >= 4 is 18.1 Å². The van der Waals surface area contributed by atoms with Crippen LogP contribution >= 0.6 is 0 Å². The van der Waals surface area contributed by atoms with E-state index in [0.717, 1.165) is 5.56 Å². The topological polar surface area (TPSA) is 112 Å². The van der Waals surface area contributed by atoms with Crippen LogP contribution < -0.4 is 10.1 Å². The van der Waals surface area contributed by atoms with Gasteiger partial charge in [0.25, 0.3) is 5.78 Å². The Balaban J connectivity index is 2.83. The first-order valence-electron chi connectivity index (χ1n) is 5.40. The van der Waals surface area contributed by atoms with Gasteiger partial charge in [-0.3, -0.25) is 4.79 Å². The van der Waals surface area contributed by atoms with E-state index in [1.165, 1.54) is 7.11 Å². The Bertz CT molecular complexity index is 506. The van der Waals surface area contributed by atoms with E-state index in [2.05, 4.69) is 10.1 Å². The van der Waals surface area contributed by atoms with Crippen molar-refractivity contribution in [3.05, 3.63) is 35.4 Å². The lowest BCUT2D eigenvalue weighted by atomic mass is 10.0. The molecular formula is C12H13N3O4. The van der Waals surface area contributed by atoms with Crippen LogP contribution in [0, 0.1) is 0 Å². The lowest BCUT2D eigenvalue weighted by molar-refractivity contribution is -0.117. The van der Waals surface area contributed by atoms with Crippen LogP contribution in [0.15, 0.2) is 24.3 Å². The maximum atomic E-state index is 11.5. The van der Waals surface area contributed by atoms with Crippen LogP contribution in [0.4, 0.5) is 4.79 Å². The van der Waals surface area contributed by atoms with Gasteiger partial charge in [-0.1, -0.05) is 12.1 Å². The standard InChI is InChI=1S/C12H13N3O4/c1-19-9-4-2-8(3-5-9)6-10(15-12(17)18)11(16)7-14-13/h2-5,7,10,15H,6H2,1H3,(H,17,18)/t10-/m0/s1. The van der Waals surface area contributed by atoms with Crippen molar-refractivity contribution in [2.24, 2.45) is 0 Å². The van der Waals surface area contributed by atoms with Gasteiger partial charge in [0.1, 0.15) is 11.8 Å². The van der Waals surface area contributed by atoms with Gasteiger partial charge in [-0.25, -0.2) is 4.79 Å². The molecule has 0 radical (unpaired) electrons. The van der Waals surface area contributed by atoms with Crippen molar-refractivity contribution in [1.29, 1.82) is 0 Å². The molecule has 0 aliphatic heterocycles. The van der Waals surface area contributed by atoms with E-state index in [1.54, 1.807) is 24.3 Å². The lowest BCUT2D eigenvalue weighted by Crippen LogP contribution is -2.42. The molecule has 0 saturated carbocycles. The number of carboxylic acid groups (broad SMARTS) is 1. The molecule has 7 heteroatoms. The second kappa shape index (κ2) is 6.93. The predicted octanol–water partition coefficient (Wildman–Crippen LogP) is 0.744. The third-order valence-electron chi connectivity index (χ3n) is 2.43. The average Bonchev–Trinajstić information content (AvgIpc) is 2.38. The molecule has 0 aliphatic carbocycles. The third kappa shape index (κ3) is 4.61. The molecule has 1 amide bonds. The van der Waals surface area contributed by atoms with Crippen LogP contribution in [0.5, 0.6) is 5.75 Å². The molecule has 2 N–H and O–H groups in total. The Morgan fingerprint density at radius 2 is 2.11 bits per heavy atom. The molecule has 0 saturated heterocycles. The van der Waals surface area contributed by atoms with Crippen LogP contribution in [0.25, 0.3) is 5.53 Å². The lowest BCUT2D eigenvalue weighted by Gasteiger charge is -2.12. The molecule has 7 nitrogen and oxygen atoms in total. The first-order valence-corrected chi connectivity index (χ1v) is 5.40. The van der Waals surface area contributed by atoms with Crippen LogP contribution in [-0.4, -0.2) is 41.1 Å². The van der Waals surface area contributed by atoms with Crippen molar-refractivity contribution in [1.82, 2.24) is 5.32 Å². The zero-order valence-corrected chi connectivity index (χ0v) is 10.2. The summed E-state index contributed by atoms with van der Waals surface area (Å²) in [6, 6.07) is 5.86. The highest BCUT2D eigenvalue weighted by Crippen LogP contribution is 2.12. The quantitative estimate of drug-likeness (QED) is 0.448. The van der Waals surface area contributed by atoms with Gasteiger partial charge in [-0.2, -0.15) is 4.79 Å². The molecule has 0 spiro atoms. The summed E-state index contributed by atoms with van der Waals surface area (Å²) < 4.78 is 4.99. The van der Waals surface area contributed by atoms with Gasteiger partial charge >= 0.3 is 12.3 Å². The Morgan fingerprint density at radius 3 is 2.58 bits per heavy atom. The fourth-order valence-electron chi connectivity index (χ4n) is 1.52. The minimum Gasteiger partial charge on any atom is -0.497 e. The Labute approximate surface area is 109 Å². The second-order valence-electron chi connectivity index (χ2n) is 3.70. The highest BCUT2D eigenvalue weighted by Gasteiger charge is 2.22. The zero-order valence-electron chi connectivity index (χ0n) is 10.2. The fraction of sp³-hybridized carbons (Fsp3) is 0.250. The van der Waals surface area contributed by atoms with Crippen LogP contribution in [0.2, 0.25) is 0 Å². The summed E-state index contributed by atoms with van der Waals surface area (Å²) in [4.78, 5) is 24.8.